The largest absolute Gasteiger partial charge is 0.495 e. The molecule has 1 nitrogen and oxygen atoms in total. The Bertz CT molecular complexity index is 579. The van der Waals surface area contributed by atoms with Crippen LogP contribution < -0.4 is 4.74 Å². The number of methoxy groups -OCH3 is 1. The van der Waals surface area contributed by atoms with Gasteiger partial charge in [-0.1, -0.05) is 0 Å². The Hall–Kier alpha value is -1.49. The molecule has 0 aliphatic heterocycles. The van der Waals surface area contributed by atoms with Crippen LogP contribution in [0.3, 0.4) is 0 Å². The smallest absolute Gasteiger partial charge is 0.143 e. The molecule has 18 heavy (non-hydrogen) atoms. The van der Waals surface area contributed by atoms with Crippen molar-refractivity contribution in [1.29, 1.82) is 0 Å². The molecule has 0 saturated heterocycles. The van der Waals surface area contributed by atoms with E-state index in [0.717, 1.165) is 18.2 Å². The maximum atomic E-state index is 13.8. The van der Waals surface area contributed by atoms with Gasteiger partial charge in [0.05, 0.1) is 17.1 Å². The summed E-state index contributed by atoms with van der Waals surface area (Å²) in [6.45, 7) is 0. The van der Waals surface area contributed by atoms with Gasteiger partial charge in [-0.25, -0.2) is 13.2 Å². The molecule has 0 bridgehead atoms. The van der Waals surface area contributed by atoms with Gasteiger partial charge in [0, 0.05) is 6.07 Å². The number of ether oxygens (including phenoxy) is 1. The molecule has 0 heterocycles. The summed E-state index contributed by atoms with van der Waals surface area (Å²) in [5, 5.41) is 0. The van der Waals surface area contributed by atoms with Crippen molar-refractivity contribution in [2.75, 3.05) is 7.11 Å². The standard InChI is InChI=1S/C13H8BrF3O/c1-18-13-10(14)2-3-11(17)12(13)7-4-8(15)6-9(16)5-7/h2-6H,1H3. The molecular formula is C13H8BrF3O. The molecule has 2 rings (SSSR count). The zero-order chi connectivity index (χ0) is 13.3. The first-order valence-electron chi connectivity index (χ1n) is 5.01. The third kappa shape index (κ3) is 2.36. The van der Waals surface area contributed by atoms with E-state index in [0.29, 0.717) is 4.47 Å². The van der Waals surface area contributed by atoms with Gasteiger partial charge in [0.25, 0.3) is 0 Å². The zero-order valence-electron chi connectivity index (χ0n) is 9.31. The van der Waals surface area contributed by atoms with Crippen molar-refractivity contribution in [2.24, 2.45) is 0 Å². The lowest BCUT2D eigenvalue weighted by molar-refractivity contribution is 0.410. The van der Waals surface area contributed by atoms with E-state index in [1.165, 1.54) is 19.2 Å². The van der Waals surface area contributed by atoms with Gasteiger partial charge in [0.15, 0.2) is 0 Å². The van der Waals surface area contributed by atoms with Gasteiger partial charge in [-0.3, -0.25) is 0 Å². The quantitative estimate of drug-likeness (QED) is 0.790. The van der Waals surface area contributed by atoms with Gasteiger partial charge < -0.3 is 4.74 Å². The molecule has 0 aliphatic rings. The lowest BCUT2D eigenvalue weighted by atomic mass is 10.0. The molecule has 5 heteroatoms. The second kappa shape index (κ2) is 5.02. The van der Waals surface area contributed by atoms with Crippen LogP contribution in [0.25, 0.3) is 11.1 Å². The van der Waals surface area contributed by atoms with Crippen LogP contribution in [0.2, 0.25) is 0 Å². The van der Waals surface area contributed by atoms with Crippen LogP contribution in [0, 0.1) is 17.5 Å². The Morgan fingerprint density at radius 2 is 1.61 bits per heavy atom. The monoisotopic (exact) mass is 316 g/mol. The first-order valence-corrected chi connectivity index (χ1v) is 5.80. The number of halogens is 4. The van der Waals surface area contributed by atoms with Crippen molar-refractivity contribution in [3.8, 4) is 16.9 Å². The van der Waals surface area contributed by atoms with Gasteiger partial charge in [0.1, 0.15) is 23.2 Å². The summed E-state index contributed by atoms with van der Waals surface area (Å²) in [7, 11) is 1.36. The van der Waals surface area contributed by atoms with Crippen molar-refractivity contribution >= 4 is 15.9 Å². The Kier molecular flexibility index (Phi) is 3.61. The lowest BCUT2D eigenvalue weighted by Crippen LogP contribution is -1.94. The third-order valence-corrected chi connectivity index (χ3v) is 3.04. The van der Waals surface area contributed by atoms with Crippen molar-refractivity contribution in [3.63, 3.8) is 0 Å². The summed E-state index contributed by atoms with van der Waals surface area (Å²) in [4.78, 5) is 0. The van der Waals surface area contributed by atoms with Gasteiger partial charge in [-0.05, 0) is 45.8 Å². The number of rotatable bonds is 2. The SMILES string of the molecule is COc1c(Br)ccc(F)c1-c1cc(F)cc(F)c1. The fraction of sp³-hybridized carbons (Fsp3) is 0.0769. The highest BCUT2D eigenvalue weighted by Gasteiger charge is 2.16. The Morgan fingerprint density at radius 3 is 2.17 bits per heavy atom. The molecule has 2 aromatic carbocycles. The molecule has 0 fully saturated rings. The minimum absolute atomic E-state index is 0.0188. The second-order valence-electron chi connectivity index (χ2n) is 3.60. The molecule has 0 amide bonds. The minimum atomic E-state index is -0.772. The summed E-state index contributed by atoms with van der Waals surface area (Å²) in [5.41, 5.74) is 0.105. The van der Waals surface area contributed by atoms with Crippen LogP contribution in [0.1, 0.15) is 0 Å². The van der Waals surface area contributed by atoms with Crippen LogP contribution in [-0.4, -0.2) is 7.11 Å². The Labute approximate surface area is 110 Å². The second-order valence-corrected chi connectivity index (χ2v) is 4.45. The topological polar surface area (TPSA) is 9.23 Å². The van der Waals surface area contributed by atoms with E-state index >= 15 is 0 Å². The molecule has 0 aliphatic carbocycles. The fourth-order valence-electron chi connectivity index (χ4n) is 1.70. The van der Waals surface area contributed by atoms with E-state index in [9.17, 15) is 13.2 Å². The molecule has 2 aromatic rings. The highest BCUT2D eigenvalue weighted by molar-refractivity contribution is 9.10. The van der Waals surface area contributed by atoms with Crippen LogP contribution in [-0.2, 0) is 0 Å². The van der Waals surface area contributed by atoms with Crippen LogP contribution >= 0.6 is 15.9 Å². The van der Waals surface area contributed by atoms with Gasteiger partial charge in [-0.2, -0.15) is 0 Å². The highest BCUT2D eigenvalue weighted by atomic mass is 79.9. The van der Waals surface area contributed by atoms with Gasteiger partial charge in [0.2, 0.25) is 0 Å². The molecule has 0 unspecified atom stereocenters. The summed E-state index contributed by atoms with van der Waals surface area (Å²) in [6.07, 6.45) is 0. The Morgan fingerprint density at radius 1 is 1.00 bits per heavy atom. The summed E-state index contributed by atoms with van der Waals surface area (Å²) in [5.74, 6) is -1.96. The predicted octanol–water partition coefficient (Wildman–Crippen LogP) is 4.54. The molecule has 0 saturated carbocycles. The molecule has 0 aromatic heterocycles. The zero-order valence-corrected chi connectivity index (χ0v) is 10.9. The molecule has 94 valence electrons. The van der Waals surface area contributed by atoms with Gasteiger partial charge >= 0.3 is 0 Å². The lowest BCUT2D eigenvalue weighted by Gasteiger charge is -2.12. The highest BCUT2D eigenvalue weighted by Crippen LogP contribution is 2.38. The van der Waals surface area contributed by atoms with E-state index in [4.69, 9.17) is 4.74 Å². The first-order chi connectivity index (χ1) is 8.52. The average molecular weight is 317 g/mol. The number of benzene rings is 2. The summed E-state index contributed by atoms with van der Waals surface area (Å²) in [6, 6.07) is 5.50. The van der Waals surface area contributed by atoms with Crippen LogP contribution in [0.5, 0.6) is 5.75 Å². The normalized spacial score (nSPS) is 10.5. The predicted molar refractivity (Wildman–Crippen MR) is 66.0 cm³/mol. The van der Waals surface area contributed by atoms with Crippen LogP contribution in [0.4, 0.5) is 13.2 Å². The molecule has 0 spiro atoms. The third-order valence-electron chi connectivity index (χ3n) is 2.41. The van der Waals surface area contributed by atoms with E-state index in [-0.39, 0.29) is 16.9 Å². The van der Waals surface area contributed by atoms with Crippen molar-refractivity contribution in [3.05, 3.63) is 52.3 Å². The van der Waals surface area contributed by atoms with E-state index in [1.54, 1.807) is 0 Å². The van der Waals surface area contributed by atoms with E-state index in [1.807, 2.05) is 0 Å². The number of hydrogen-bond donors (Lipinski definition) is 0. The van der Waals surface area contributed by atoms with Crippen molar-refractivity contribution in [1.82, 2.24) is 0 Å². The van der Waals surface area contributed by atoms with Gasteiger partial charge in [-0.15, -0.1) is 0 Å². The molecule has 0 radical (unpaired) electrons. The maximum Gasteiger partial charge on any atom is 0.143 e. The fourth-order valence-corrected chi connectivity index (χ4v) is 2.19. The van der Waals surface area contributed by atoms with Crippen molar-refractivity contribution in [2.45, 2.75) is 0 Å². The maximum absolute atomic E-state index is 13.8. The molecule has 0 atom stereocenters. The average Bonchev–Trinajstić information content (AvgIpc) is 2.30. The van der Waals surface area contributed by atoms with Crippen molar-refractivity contribution < 1.29 is 17.9 Å². The molecule has 0 N–H and O–H groups in total. The minimum Gasteiger partial charge on any atom is -0.495 e. The molecular weight excluding hydrogens is 309 g/mol. The van der Waals surface area contributed by atoms with E-state index < -0.39 is 17.5 Å². The van der Waals surface area contributed by atoms with E-state index in [2.05, 4.69) is 15.9 Å². The van der Waals surface area contributed by atoms with Crippen LogP contribution in [0.15, 0.2) is 34.8 Å². The summed E-state index contributed by atoms with van der Waals surface area (Å²) >= 11 is 3.20. The first kappa shape index (κ1) is 13.0. The summed E-state index contributed by atoms with van der Waals surface area (Å²) < 4.78 is 45.7. The Balaban J connectivity index is 2.73. The number of hydrogen-bond acceptors (Lipinski definition) is 1.